The van der Waals surface area contributed by atoms with Crippen molar-refractivity contribution < 1.29 is 4.21 Å². The van der Waals surface area contributed by atoms with Gasteiger partial charge in [-0.15, -0.1) is 0 Å². The molecule has 1 saturated heterocycles. The molecule has 1 N–H and O–H groups in total. The lowest BCUT2D eigenvalue weighted by Crippen LogP contribution is -2.25. The molecule has 4 heteroatoms. The Morgan fingerprint density at radius 1 is 1.44 bits per heavy atom. The number of rotatable bonds is 1. The maximum absolute atomic E-state index is 11.8. The molecule has 1 aromatic rings. The van der Waals surface area contributed by atoms with Crippen LogP contribution in [0.1, 0.15) is 18.5 Å². The molecule has 1 heterocycles. The fourth-order valence-electron chi connectivity index (χ4n) is 1.97. The van der Waals surface area contributed by atoms with Crippen LogP contribution in [0.3, 0.4) is 0 Å². The molecule has 1 aromatic carbocycles. The predicted molar refractivity (Wildman–Crippen MR) is 69.2 cm³/mol. The molecule has 88 valence electrons. The van der Waals surface area contributed by atoms with Crippen LogP contribution in [-0.4, -0.2) is 22.3 Å². The first-order valence-corrected chi connectivity index (χ1v) is 7.35. The van der Waals surface area contributed by atoms with Crippen molar-refractivity contribution in [3.8, 4) is 0 Å². The van der Waals surface area contributed by atoms with E-state index in [4.69, 9.17) is 11.6 Å². The Morgan fingerprint density at radius 2 is 2.25 bits per heavy atom. The average molecular weight is 258 g/mol. The Kier molecular flexibility index (Phi) is 4.00. The number of hydrogen-bond acceptors (Lipinski definition) is 2. The Hall–Kier alpha value is -0.380. The van der Waals surface area contributed by atoms with Crippen LogP contribution in [0.5, 0.6) is 0 Å². The first-order valence-electron chi connectivity index (χ1n) is 5.49. The molecule has 1 aliphatic rings. The number of hydrogen-bond donors (Lipinski definition) is 1. The SMILES string of the molecule is CC1CNC(c2cccc(Cl)c2)CS(=O)C1. The molecule has 0 bridgehead atoms. The summed E-state index contributed by atoms with van der Waals surface area (Å²) < 4.78 is 11.8. The summed E-state index contributed by atoms with van der Waals surface area (Å²) in [6.45, 7) is 3.05. The lowest BCUT2D eigenvalue weighted by Gasteiger charge is -2.16. The summed E-state index contributed by atoms with van der Waals surface area (Å²) in [5.41, 5.74) is 1.13. The summed E-state index contributed by atoms with van der Waals surface area (Å²) in [4.78, 5) is 0. The Bertz CT molecular complexity index is 396. The third-order valence-electron chi connectivity index (χ3n) is 2.79. The van der Waals surface area contributed by atoms with Gasteiger partial charge in [-0.3, -0.25) is 4.21 Å². The monoisotopic (exact) mass is 257 g/mol. The molecule has 0 aliphatic carbocycles. The van der Waals surface area contributed by atoms with Crippen molar-refractivity contribution in [1.29, 1.82) is 0 Å². The van der Waals surface area contributed by atoms with Crippen LogP contribution in [0.25, 0.3) is 0 Å². The molecule has 3 atom stereocenters. The second-order valence-electron chi connectivity index (χ2n) is 4.39. The standard InChI is InChI=1S/C12H16ClNOS/c1-9-6-14-12(8-16(15)7-9)10-3-2-4-11(13)5-10/h2-5,9,12,14H,6-8H2,1H3. The van der Waals surface area contributed by atoms with Crippen LogP contribution in [0.4, 0.5) is 0 Å². The Balaban J connectivity index is 2.17. The van der Waals surface area contributed by atoms with Crippen molar-refractivity contribution >= 4 is 22.4 Å². The molecule has 0 spiro atoms. The summed E-state index contributed by atoms with van der Waals surface area (Å²) in [5.74, 6) is 1.96. The molecule has 0 radical (unpaired) electrons. The predicted octanol–water partition coefficient (Wildman–Crippen LogP) is 2.37. The first-order chi connectivity index (χ1) is 7.65. The zero-order chi connectivity index (χ0) is 11.5. The van der Waals surface area contributed by atoms with E-state index in [1.807, 2.05) is 24.3 Å². The van der Waals surface area contributed by atoms with E-state index in [2.05, 4.69) is 12.2 Å². The summed E-state index contributed by atoms with van der Waals surface area (Å²) in [6.07, 6.45) is 0. The van der Waals surface area contributed by atoms with Gasteiger partial charge in [-0.1, -0.05) is 30.7 Å². The lowest BCUT2D eigenvalue weighted by atomic mass is 10.1. The smallest absolute Gasteiger partial charge is 0.0437 e. The summed E-state index contributed by atoms with van der Waals surface area (Å²) in [6, 6.07) is 7.96. The molecule has 0 saturated carbocycles. The highest BCUT2D eigenvalue weighted by molar-refractivity contribution is 7.85. The van der Waals surface area contributed by atoms with Gasteiger partial charge in [0.2, 0.25) is 0 Å². The minimum Gasteiger partial charge on any atom is -0.309 e. The van der Waals surface area contributed by atoms with Crippen LogP contribution < -0.4 is 5.32 Å². The highest BCUT2D eigenvalue weighted by Crippen LogP contribution is 2.21. The van der Waals surface area contributed by atoms with E-state index < -0.39 is 10.8 Å². The van der Waals surface area contributed by atoms with E-state index >= 15 is 0 Å². The van der Waals surface area contributed by atoms with Gasteiger partial charge in [0.05, 0.1) is 0 Å². The quantitative estimate of drug-likeness (QED) is 0.837. The van der Waals surface area contributed by atoms with Gasteiger partial charge >= 0.3 is 0 Å². The fourth-order valence-corrected chi connectivity index (χ4v) is 3.74. The topological polar surface area (TPSA) is 29.1 Å². The molecular weight excluding hydrogens is 242 g/mol. The number of benzene rings is 1. The maximum atomic E-state index is 11.8. The molecule has 0 amide bonds. The molecule has 2 nitrogen and oxygen atoms in total. The van der Waals surface area contributed by atoms with Crippen LogP contribution >= 0.6 is 11.6 Å². The van der Waals surface area contributed by atoms with Crippen LogP contribution in [-0.2, 0) is 10.8 Å². The Labute approximate surface area is 104 Å². The second-order valence-corrected chi connectivity index (χ2v) is 6.38. The fraction of sp³-hybridized carbons (Fsp3) is 0.500. The molecule has 2 rings (SSSR count). The molecule has 0 aromatic heterocycles. The van der Waals surface area contributed by atoms with Gasteiger partial charge in [0.15, 0.2) is 0 Å². The van der Waals surface area contributed by atoms with Gasteiger partial charge in [0, 0.05) is 33.4 Å². The summed E-state index contributed by atoms with van der Waals surface area (Å²) in [7, 11) is -0.730. The van der Waals surface area contributed by atoms with Gasteiger partial charge in [0.1, 0.15) is 0 Å². The van der Waals surface area contributed by atoms with E-state index in [1.165, 1.54) is 0 Å². The molecule has 1 fully saturated rings. The van der Waals surface area contributed by atoms with Gasteiger partial charge in [-0.2, -0.15) is 0 Å². The molecule has 16 heavy (non-hydrogen) atoms. The molecular formula is C12H16ClNOS. The van der Waals surface area contributed by atoms with E-state index in [0.717, 1.165) is 22.9 Å². The summed E-state index contributed by atoms with van der Waals surface area (Å²) >= 11 is 5.97. The highest BCUT2D eigenvalue weighted by atomic mass is 35.5. The third-order valence-corrected chi connectivity index (χ3v) is 4.67. The molecule has 1 aliphatic heterocycles. The minimum atomic E-state index is -0.730. The number of halogens is 1. The van der Waals surface area contributed by atoms with Gasteiger partial charge < -0.3 is 5.32 Å². The minimum absolute atomic E-state index is 0.171. The summed E-state index contributed by atoms with van der Waals surface area (Å²) in [5, 5.41) is 4.19. The zero-order valence-corrected chi connectivity index (χ0v) is 10.9. The van der Waals surface area contributed by atoms with E-state index in [1.54, 1.807) is 0 Å². The van der Waals surface area contributed by atoms with Gasteiger partial charge in [0.25, 0.3) is 0 Å². The van der Waals surface area contributed by atoms with Crippen molar-refractivity contribution in [2.24, 2.45) is 5.92 Å². The highest BCUT2D eigenvalue weighted by Gasteiger charge is 2.21. The molecule has 3 unspecified atom stereocenters. The second kappa shape index (κ2) is 5.30. The Morgan fingerprint density at radius 3 is 3.00 bits per heavy atom. The average Bonchev–Trinajstić information content (AvgIpc) is 2.39. The maximum Gasteiger partial charge on any atom is 0.0437 e. The zero-order valence-electron chi connectivity index (χ0n) is 9.28. The van der Waals surface area contributed by atoms with Crippen molar-refractivity contribution in [1.82, 2.24) is 5.32 Å². The van der Waals surface area contributed by atoms with E-state index in [9.17, 15) is 4.21 Å². The third kappa shape index (κ3) is 3.06. The number of nitrogens with one attached hydrogen (secondary N) is 1. The van der Waals surface area contributed by atoms with Crippen molar-refractivity contribution in [2.45, 2.75) is 13.0 Å². The largest absolute Gasteiger partial charge is 0.309 e. The van der Waals surface area contributed by atoms with E-state index in [-0.39, 0.29) is 6.04 Å². The normalized spacial score (nSPS) is 31.0. The van der Waals surface area contributed by atoms with Crippen molar-refractivity contribution in [3.05, 3.63) is 34.9 Å². The van der Waals surface area contributed by atoms with E-state index in [0.29, 0.717) is 11.7 Å². The first kappa shape index (κ1) is 12.1. The van der Waals surface area contributed by atoms with Crippen molar-refractivity contribution in [3.63, 3.8) is 0 Å². The lowest BCUT2D eigenvalue weighted by molar-refractivity contribution is 0.517. The van der Waals surface area contributed by atoms with Crippen LogP contribution in [0.2, 0.25) is 5.02 Å². The van der Waals surface area contributed by atoms with Gasteiger partial charge in [-0.25, -0.2) is 0 Å². The van der Waals surface area contributed by atoms with Gasteiger partial charge in [-0.05, 0) is 30.2 Å². The van der Waals surface area contributed by atoms with Crippen LogP contribution in [0.15, 0.2) is 24.3 Å². The van der Waals surface area contributed by atoms with Crippen molar-refractivity contribution in [2.75, 3.05) is 18.1 Å². The van der Waals surface area contributed by atoms with Crippen LogP contribution in [0, 0.1) is 5.92 Å².